The molecule has 0 radical (unpaired) electrons. The number of nitrogens with one attached hydrogen (secondary N) is 1. The first-order valence-electron chi connectivity index (χ1n) is 3.86. The number of nitrogens with zero attached hydrogens (tertiary/aromatic N) is 4. The Labute approximate surface area is 88.0 Å². The number of aromatic amines is 1. The molecular formula is C7H5N5O2S. The van der Waals surface area contributed by atoms with Gasteiger partial charge in [-0.1, -0.05) is 0 Å². The van der Waals surface area contributed by atoms with E-state index in [2.05, 4.69) is 25.4 Å². The summed E-state index contributed by atoms with van der Waals surface area (Å²) in [6.45, 7) is 0. The molecule has 0 atom stereocenters. The van der Waals surface area contributed by atoms with Crippen molar-refractivity contribution >= 4 is 17.7 Å². The monoisotopic (exact) mass is 223 g/mol. The molecular weight excluding hydrogens is 218 g/mol. The molecule has 7 nitrogen and oxygen atoms in total. The first-order valence-corrected chi connectivity index (χ1v) is 4.67. The van der Waals surface area contributed by atoms with Crippen molar-refractivity contribution in [1.82, 2.24) is 25.4 Å². The molecule has 0 saturated heterocycles. The van der Waals surface area contributed by atoms with E-state index in [1.165, 1.54) is 24.2 Å². The molecule has 0 saturated carbocycles. The summed E-state index contributed by atoms with van der Waals surface area (Å²) in [5.41, 5.74) is -0.0862. The standard InChI is InChI=1S/C7H5N5O2S/c13-6(14)4-1-2-5(11-10-4)15-7-8-3-9-12-7/h1-3H,(H,13,14)(H,8,9,12). The minimum absolute atomic E-state index is 0.0862. The first kappa shape index (κ1) is 9.59. The fourth-order valence-corrected chi connectivity index (χ4v) is 1.45. The Morgan fingerprint density at radius 3 is 2.80 bits per heavy atom. The number of carboxylic acid groups (broad SMARTS) is 1. The van der Waals surface area contributed by atoms with Crippen molar-refractivity contribution in [2.24, 2.45) is 0 Å². The van der Waals surface area contributed by atoms with E-state index in [-0.39, 0.29) is 5.69 Å². The highest BCUT2D eigenvalue weighted by molar-refractivity contribution is 7.99. The van der Waals surface area contributed by atoms with Crippen LogP contribution >= 0.6 is 11.8 Å². The molecule has 0 unspecified atom stereocenters. The number of carboxylic acids is 1. The highest BCUT2D eigenvalue weighted by Gasteiger charge is 2.06. The van der Waals surface area contributed by atoms with E-state index >= 15 is 0 Å². The SMILES string of the molecule is O=C(O)c1ccc(Sc2ncn[nH]2)nn1. The summed E-state index contributed by atoms with van der Waals surface area (Å²) in [5.74, 6) is -1.10. The normalized spacial score (nSPS) is 10.1. The highest BCUT2D eigenvalue weighted by Crippen LogP contribution is 2.20. The van der Waals surface area contributed by atoms with Gasteiger partial charge < -0.3 is 5.11 Å². The number of rotatable bonds is 3. The molecule has 15 heavy (non-hydrogen) atoms. The molecule has 76 valence electrons. The molecule has 2 rings (SSSR count). The maximum absolute atomic E-state index is 10.5. The third-order valence-corrected chi connectivity index (χ3v) is 2.27. The summed E-state index contributed by atoms with van der Waals surface area (Å²) in [6.07, 6.45) is 1.38. The predicted octanol–water partition coefficient (Wildman–Crippen LogP) is 0.444. The number of aromatic nitrogens is 5. The summed E-state index contributed by atoms with van der Waals surface area (Å²) in [4.78, 5) is 14.4. The largest absolute Gasteiger partial charge is 0.476 e. The van der Waals surface area contributed by atoms with Crippen LogP contribution in [-0.2, 0) is 0 Å². The van der Waals surface area contributed by atoms with Gasteiger partial charge in [0.05, 0.1) is 0 Å². The summed E-state index contributed by atoms with van der Waals surface area (Å²) in [6, 6.07) is 2.94. The molecule has 2 heterocycles. The lowest BCUT2D eigenvalue weighted by molar-refractivity contribution is 0.0689. The van der Waals surface area contributed by atoms with Gasteiger partial charge in [-0.3, -0.25) is 5.10 Å². The van der Waals surface area contributed by atoms with Gasteiger partial charge in [-0.15, -0.1) is 10.2 Å². The quantitative estimate of drug-likeness (QED) is 0.777. The fourth-order valence-electron chi connectivity index (χ4n) is 0.831. The Morgan fingerprint density at radius 1 is 1.40 bits per heavy atom. The van der Waals surface area contributed by atoms with Crippen LogP contribution in [0.25, 0.3) is 0 Å². The Balaban J connectivity index is 2.14. The molecule has 0 aliphatic rings. The lowest BCUT2D eigenvalue weighted by Crippen LogP contribution is -2.01. The lowest BCUT2D eigenvalue weighted by Gasteiger charge is -1.95. The Hall–Kier alpha value is -1.96. The van der Waals surface area contributed by atoms with E-state index in [9.17, 15) is 4.79 Å². The molecule has 0 bridgehead atoms. The number of aromatic carboxylic acids is 1. The number of hydrogen-bond donors (Lipinski definition) is 2. The molecule has 0 amide bonds. The van der Waals surface area contributed by atoms with Crippen LogP contribution in [0.5, 0.6) is 0 Å². The molecule has 2 aromatic rings. The van der Waals surface area contributed by atoms with E-state index in [0.717, 1.165) is 0 Å². The van der Waals surface area contributed by atoms with Crippen molar-refractivity contribution < 1.29 is 9.90 Å². The molecule has 0 aliphatic heterocycles. The predicted molar refractivity (Wildman–Crippen MR) is 49.5 cm³/mol. The summed E-state index contributed by atoms with van der Waals surface area (Å²) in [5, 5.41) is 23.3. The first-order chi connectivity index (χ1) is 7.25. The van der Waals surface area contributed by atoms with Gasteiger partial charge in [-0.25, -0.2) is 9.78 Å². The minimum atomic E-state index is -1.10. The third-order valence-electron chi connectivity index (χ3n) is 1.45. The molecule has 0 aromatic carbocycles. The smallest absolute Gasteiger partial charge is 0.356 e. The lowest BCUT2D eigenvalue weighted by atomic mass is 10.4. The number of H-pyrrole nitrogens is 1. The molecule has 2 N–H and O–H groups in total. The van der Waals surface area contributed by atoms with Crippen molar-refractivity contribution in [1.29, 1.82) is 0 Å². The van der Waals surface area contributed by atoms with Crippen LogP contribution in [0.1, 0.15) is 10.5 Å². The average molecular weight is 223 g/mol. The second-order valence-electron chi connectivity index (χ2n) is 2.45. The second kappa shape index (κ2) is 4.05. The Bertz CT molecular complexity index is 455. The molecule has 0 fully saturated rings. The van der Waals surface area contributed by atoms with Gasteiger partial charge in [-0.05, 0) is 23.9 Å². The summed E-state index contributed by atoms with van der Waals surface area (Å²) >= 11 is 1.22. The Kier molecular flexibility index (Phi) is 2.59. The van der Waals surface area contributed by atoms with Crippen molar-refractivity contribution in [3.8, 4) is 0 Å². The summed E-state index contributed by atoms with van der Waals surface area (Å²) < 4.78 is 0. The van der Waals surface area contributed by atoms with Gasteiger partial charge in [-0.2, -0.15) is 5.10 Å². The minimum Gasteiger partial charge on any atom is -0.476 e. The van der Waals surface area contributed by atoms with Crippen LogP contribution in [0.15, 0.2) is 28.6 Å². The zero-order valence-electron chi connectivity index (χ0n) is 7.28. The average Bonchev–Trinajstić information content (AvgIpc) is 2.71. The molecule has 2 aromatic heterocycles. The third kappa shape index (κ3) is 2.29. The van der Waals surface area contributed by atoms with Crippen LogP contribution in [0.2, 0.25) is 0 Å². The summed E-state index contributed by atoms with van der Waals surface area (Å²) in [7, 11) is 0. The van der Waals surface area contributed by atoms with Crippen molar-refractivity contribution in [3.05, 3.63) is 24.2 Å². The van der Waals surface area contributed by atoms with E-state index < -0.39 is 5.97 Å². The molecule has 0 spiro atoms. The van der Waals surface area contributed by atoms with Gasteiger partial charge in [0.15, 0.2) is 10.9 Å². The maximum atomic E-state index is 10.5. The van der Waals surface area contributed by atoms with Crippen LogP contribution in [0, 0.1) is 0 Å². The highest BCUT2D eigenvalue weighted by atomic mass is 32.2. The number of carbonyl (C=O) groups is 1. The Morgan fingerprint density at radius 2 is 2.27 bits per heavy atom. The van der Waals surface area contributed by atoms with E-state index in [1.54, 1.807) is 6.07 Å². The van der Waals surface area contributed by atoms with E-state index in [4.69, 9.17) is 5.11 Å². The van der Waals surface area contributed by atoms with Crippen LogP contribution in [-0.4, -0.2) is 36.5 Å². The van der Waals surface area contributed by atoms with Crippen molar-refractivity contribution in [2.75, 3.05) is 0 Å². The van der Waals surface area contributed by atoms with Crippen molar-refractivity contribution in [2.45, 2.75) is 10.2 Å². The van der Waals surface area contributed by atoms with Gasteiger partial charge in [0.1, 0.15) is 11.4 Å². The molecule has 8 heteroatoms. The van der Waals surface area contributed by atoms with Crippen LogP contribution in [0.4, 0.5) is 0 Å². The fraction of sp³-hybridized carbons (Fsp3) is 0. The topological polar surface area (TPSA) is 105 Å². The zero-order valence-corrected chi connectivity index (χ0v) is 8.10. The van der Waals surface area contributed by atoms with E-state index in [1.807, 2.05) is 0 Å². The maximum Gasteiger partial charge on any atom is 0.356 e. The zero-order chi connectivity index (χ0) is 10.7. The van der Waals surface area contributed by atoms with Crippen molar-refractivity contribution in [3.63, 3.8) is 0 Å². The van der Waals surface area contributed by atoms with Gasteiger partial charge in [0, 0.05) is 0 Å². The second-order valence-corrected chi connectivity index (χ2v) is 3.46. The van der Waals surface area contributed by atoms with E-state index in [0.29, 0.717) is 10.2 Å². The van der Waals surface area contributed by atoms with Gasteiger partial charge in [0.2, 0.25) is 0 Å². The van der Waals surface area contributed by atoms with Crippen LogP contribution < -0.4 is 0 Å². The number of hydrogen-bond acceptors (Lipinski definition) is 6. The van der Waals surface area contributed by atoms with Gasteiger partial charge >= 0.3 is 5.97 Å². The molecule has 0 aliphatic carbocycles. The van der Waals surface area contributed by atoms with Crippen LogP contribution in [0.3, 0.4) is 0 Å². The van der Waals surface area contributed by atoms with Gasteiger partial charge in [0.25, 0.3) is 0 Å².